The Hall–Kier alpha value is -3.48. The minimum atomic E-state index is 0.718. The van der Waals surface area contributed by atoms with Crippen LogP contribution in [-0.2, 0) is 13.1 Å². The number of nitrogens with one attached hydrogen (secondary N) is 2. The third-order valence-corrected chi connectivity index (χ3v) is 4.56. The van der Waals surface area contributed by atoms with Crippen molar-refractivity contribution in [2.24, 2.45) is 0 Å². The van der Waals surface area contributed by atoms with Gasteiger partial charge in [0.15, 0.2) is 0 Å². The first kappa shape index (κ1) is 19.8. The number of aromatic nitrogens is 4. The third kappa shape index (κ3) is 5.53. The summed E-state index contributed by atoms with van der Waals surface area (Å²) in [7, 11) is 0. The van der Waals surface area contributed by atoms with Gasteiger partial charge in [-0.05, 0) is 48.5 Å². The molecule has 4 heterocycles. The van der Waals surface area contributed by atoms with Crippen molar-refractivity contribution in [2.45, 2.75) is 13.1 Å². The molecule has 6 heteroatoms. The highest BCUT2D eigenvalue weighted by Gasteiger charge is 2.03. The second-order valence-electron chi connectivity index (χ2n) is 6.81. The molecule has 2 N–H and O–H groups in total. The topological polar surface area (TPSA) is 75.6 Å². The van der Waals surface area contributed by atoms with Gasteiger partial charge in [-0.25, -0.2) is 9.97 Å². The van der Waals surface area contributed by atoms with Crippen LogP contribution in [-0.4, -0.2) is 33.0 Å². The fourth-order valence-electron chi connectivity index (χ4n) is 3.08. The molecule has 0 saturated heterocycles. The highest BCUT2D eigenvalue weighted by atomic mass is 15.0. The first-order valence-corrected chi connectivity index (χ1v) is 10.0. The molecule has 30 heavy (non-hydrogen) atoms. The van der Waals surface area contributed by atoms with E-state index in [4.69, 9.17) is 0 Å². The van der Waals surface area contributed by atoms with E-state index < -0.39 is 0 Å². The smallest absolute Gasteiger partial charge is 0.0890 e. The van der Waals surface area contributed by atoms with Gasteiger partial charge in [-0.2, -0.15) is 0 Å². The molecule has 0 radical (unpaired) electrons. The number of hydrogen-bond acceptors (Lipinski definition) is 6. The van der Waals surface area contributed by atoms with Crippen LogP contribution in [0.25, 0.3) is 22.8 Å². The Labute approximate surface area is 176 Å². The lowest BCUT2D eigenvalue weighted by molar-refractivity contribution is 0.602. The summed E-state index contributed by atoms with van der Waals surface area (Å²) < 4.78 is 0. The van der Waals surface area contributed by atoms with Crippen LogP contribution in [0.2, 0.25) is 0 Å². The summed E-state index contributed by atoms with van der Waals surface area (Å²) in [5.41, 5.74) is 5.58. The molecule has 0 saturated carbocycles. The van der Waals surface area contributed by atoms with E-state index in [1.54, 1.807) is 12.4 Å². The monoisotopic (exact) mass is 396 g/mol. The molecule has 4 aromatic heterocycles. The largest absolute Gasteiger partial charge is 0.310 e. The SMILES string of the molecule is c1ccc(-c2cccc(CNCCNCc3cccc(-c4ccccn4)n3)n2)nc1. The van der Waals surface area contributed by atoms with E-state index >= 15 is 0 Å². The van der Waals surface area contributed by atoms with Crippen molar-refractivity contribution >= 4 is 0 Å². The van der Waals surface area contributed by atoms with Gasteiger partial charge in [0.2, 0.25) is 0 Å². The minimum Gasteiger partial charge on any atom is -0.310 e. The van der Waals surface area contributed by atoms with Crippen molar-refractivity contribution in [1.82, 2.24) is 30.6 Å². The summed E-state index contributed by atoms with van der Waals surface area (Å²) in [5.74, 6) is 0. The summed E-state index contributed by atoms with van der Waals surface area (Å²) in [6.07, 6.45) is 3.57. The van der Waals surface area contributed by atoms with Crippen LogP contribution >= 0.6 is 0 Å². The van der Waals surface area contributed by atoms with Crippen molar-refractivity contribution < 1.29 is 0 Å². The average molecular weight is 396 g/mol. The Morgan fingerprint density at radius 3 is 1.40 bits per heavy atom. The fraction of sp³-hybridized carbons (Fsp3) is 0.167. The molecule has 0 atom stereocenters. The maximum absolute atomic E-state index is 4.69. The van der Waals surface area contributed by atoms with E-state index in [9.17, 15) is 0 Å². The van der Waals surface area contributed by atoms with E-state index in [0.717, 1.165) is 60.3 Å². The molecule has 0 aliphatic carbocycles. The Kier molecular flexibility index (Phi) is 6.83. The van der Waals surface area contributed by atoms with E-state index in [1.165, 1.54) is 0 Å². The predicted molar refractivity (Wildman–Crippen MR) is 118 cm³/mol. The van der Waals surface area contributed by atoms with Crippen molar-refractivity contribution in [3.8, 4) is 22.8 Å². The van der Waals surface area contributed by atoms with Crippen LogP contribution in [0.4, 0.5) is 0 Å². The molecule has 0 aliphatic heterocycles. The van der Waals surface area contributed by atoms with Crippen LogP contribution in [0.1, 0.15) is 11.4 Å². The number of pyridine rings is 4. The first-order chi connectivity index (χ1) is 14.9. The predicted octanol–water partition coefficient (Wildman–Crippen LogP) is 3.48. The summed E-state index contributed by atoms with van der Waals surface area (Å²) in [6.45, 7) is 3.12. The summed E-state index contributed by atoms with van der Waals surface area (Å²) >= 11 is 0. The lowest BCUT2D eigenvalue weighted by atomic mass is 10.2. The highest BCUT2D eigenvalue weighted by Crippen LogP contribution is 2.14. The van der Waals surface area contributed by atoms with E-state index in [-0.39, 0.29) is 0 Å². The van der Waals surface area contributed by atoms with Gasteiger partial charge >= 0.3 is 0 Å². The lowest BCUT2D eigenvalue weighted by Gasteiger charge is -2.08. The van der Waals surface area contributed by atoms with Crippen LogP contribution < -0.4 is 10.6 Å². The molecule has 0 unspecified atom stereocenters. The zero-order chi connectivity index (χ0) is 20.4. The quantitative estimate of drug-likeness (QED) is 0.422. The molecule has 4 rings (SSSR count). The zero-order valence-corrected chi connectivity index (χ0v) is 16.7. The van der Waals surface area contributed by atoms with E-state index in [0.29, 0.717) is 0 Å². The normalized spacial score (nSPS) is 10.8. The van der Waals surface area contributed by atoms with Gasteiger partial charge in [0, 0.05) is 38.6 Å². The molecule has 150 valence electrons. The Bertz CT molecular complexity index is 966. The van der Waals surface area contributed by atoms with Gasteiger partial charge in [-0.15, -0.1) is 0 Å². The molecule has 0 aromatic carbocycles. The van der Waals surface area contributed by atoms with Gasteiger partial charge in [-0.1, -0.05) is 24.3 Å². The summed E-state index contributed by atoms with van der Waals surface area (Å²) in [6, 6.07) is 23.8. The molecule has 0 amide bonds. The zero-order valence-electron chi connectivity index (χ0n) is 16.7. The summed E-state index contributed by atoms with van der Waals surface area (Å²) in [5, 5.41) is 6.86. The molecule has 0 aliphatic rings. The Balaban J connectivity index is 1.21. The number of nitrogens with zero attached hydrogens (tertiary/aromatic N) is 4. The minimum absolute atomic E-state index is 0.718. The molecule has 0 bridgehead atoms. The summed E-state index contributed by atoms with van der Waals surface area (Å²) in [4.78, 5) is 18.1. The van der Waals surface area contributed by atoms with Crippen molar-refractivity contribution in [2.75, 3.05) is 13.1 Å². The van der Waals surface area contributed by atoms with Crippen LogP contribution in [0, 0.1) is 0 Å². The maximum atomic E-state index is 4.69. The Morgan fingerprint density at radius 1 is 0.500 bits per heavy atom. The molecule has 0 fully saturated rings. The number of hydrogen-bond donors (Lipinski definition) is 2. The van der Waals surface area contributed by atoms with E-state index in [2.05, 4.69) is 30.6 Å². The van der Waals surface area contributed by atoms with Crippen LogP contribution in [0.3, 0.4) is 0 Å². The Morgan fingerprint density at radius 2 is 0.967 bits per heavy atom. The average Bonchev–Trinajstić information content (AvgIpc) is 2.83. The van der Waals surface area contributed by atoms with E-state index in [1.807, 2.05) is 72.8 Å². The van der Waals surface area contributed by atoms with Crippen LogP contribution in [0.15, 0.2) is 85.2 Å². The van der Waals surface area contributed by atoms with Crippen LogP contribution in [0.5, 0.6) is 0 Å². The lowest BCUT2D eigenvalue weighted by Crippen LogP contribution is -2.27. The van der Waals surface area contributed by atoms with Crippen molar-refractivity contribution in [3.05, 3.63) is 96.6 Å². The molecular weight excluding hydrogens is 372 g/mol. The highest BCUT2D eigenvalue weighted by molar-refractivity contribution is 5.54. The third-order valence-electron chi connectivity index (χ3n) is 4.56. The van der Waals surface area contributed by atoms with Gasteiger partial charge in [-0.3, -0.25) is 9.97 Å². The van der Waals surface area contributed by atoms with Crippen molar-refractivity contribution in [1.29, 1.82) is 0 Å². The van der Waals surface area contributed by atoms with Gasteiger partial charge in [0.1, 0.15) is 0 Å². The molecular formula is C24H24N6. The van der Waals surface area contributed by atoms with Crippen molar-refractivity contribution in [3.63, 3.8) is 0 Å². The van der Waals surface area contributed by atoms with Gasteiger partial charge < -0.3 is 10.6 Å². The van der Waals surface area contributed by atoms with Gasteiger partial charge in [0.05, 0.1) is 34.2 Å². The fourth-order valence-corrected chi connectivity index (χ4v) is 3.08. The number of rotatable bonds is 9. The standard InChI is InChI=1S/C24H24N6/c1-3-13-27-21(9-1)23-11-5-7-19(29-23)17-25-15-16-26-18-20-8-6-12-24(30-20)22-10-2-4-14-28-22/h1-14,25-26H,15-18H2. The molecule has 4 aromatic rings. The maximum Gasteiger partial charge on any atom is 0.0890 e. The molecule has 6 nitrogen and oxygen atoms in total. The molecule has 0 spiro atoms. The second kappa shape index (κ2) is 10.3. The second-order valence-corrected chi connectivity index (χ2v) is 6.81. The van der Waals surface area contributed by atoms with Gasteiger partial charge in [0.25, 0.3) is 0 Å². The first-order valence-electron chi connectivity index (χ1n) is 10.0.